The standard InChI is InChI=1S/C11H15NO5/c1-5-9(12-7(3)13)8(11(15)16-4)6(2)17-10(5)14/h5,9H,1-4H3,(H,12,13)/t5-,9+/m1/s1. The average Bonchev–Trinajstić information content (AvgIpc) is 2.24. The number of amides is 1. The number of rotatable bonds is 2. The summed E-state index contributed by atoms with van der Waals surface area (Å²) < 4.78 is 9.55. The number of nitrogens with one attached hydrogen (secondary N) is 1. The van der Waals surface area contributed by atoms with Crippen LogP contribution in [-0.2, 0) is 23.9 Å². The van der Waals surface area contributed by atoms with Gasteiger partial charge in [-0.05, 0) is 13.8 Å². The summed E-state index contributed by atoms with van der Waals surface area (Å²) in [7, 11) is 1.23. The van der Waals surface area contributed by atoms with E-state index in [1.807, 2.05) is 0 Å². The van der Waals surface area contributed by atoms with Gasteiger partial charge in [-0.15, -0.1) is 0 Å². The lowest BCUT2D eigenvalue weighted by Gasteiger charge is -2.30. The van der Waals surface area contributed by atoms with Crippen LogP contribution in [-0.4, -0.2) is 31.0 Å². The maximum atomic E-state index is 11.6. The number of allylic oxidation sites excluding steroid dienone is 1. The molecule has 0 saturated carbocycles. The molecule has 0 unspecified atom stereocenters. The molecule has 6 heteroatoms. The summed E-state index contributed by atoms with van der Waals surface area (Å²) in [6, 6.07) is -0.707. The van der Waals surface area contributed by atoms with Gasteiger partial charge in [-0.25, -0.2) is 4.79 Å². The predicted molar refractivity (Wildman–Crippen MR) is 57.6 cm³/mol. The van der Waals surface area contributed by atoms with E-state index in [2.05, 4.69) is 10.1 Å². The van der Waals surface area contributed by atoms with Crippen LogP contribution in [0.3, 0.4) is 0 Å². The number of cyclic esters (lactones) is 1. The smallest absolute Gasteiger partial charge is 0.339 e. The van der Waals surface area contributed by atoms with Crippen molar-refractivity contribution in [2.75, 3.05) is 7.11 Å². The zero-order chi connectivity index (χ0) is 13.2. The van der Waals surface area contributed by atoms with Crippen molar-refractivity contribution in [3.05, 3.63) is 11.3 Å². The van der Waals surface area contributed by atoms with Crippen molar-refractivity contribution in [1.29, 1.82) is 0 Å². The molecule has 1 aliphatic rings. The summed E-state index contributed by atoms with van der Waals surface area (Å²) in [4.78, 5) is 34.2. The van der Waals surface area contributed by atoms with Crippen LogP contribution in [0.1, 0.15) is 20.8 Å². The molecule has 0 radical (unpaired) electrons. The Morgan fingerprint density at radius 2 is 2.00 bits per heavy atom. The van der Waals surface area contributed by atoms with Crippen LogP contribution in [0.5, 0.6) is 0 Å². The molecule has 94 valence electrons. The first-order valence-corrected chi connectivity index (χ1v) is 5.16. The lowest BCUT2D eigenvalue weighted by Crippen LogP contribution is -2.48. The Labute approximate surface area is 99.0 Å². The Bertz CT molecular complexity index is 399. The van der Waals surface area contributed by atoms with Crippen LogP contribution in [0.2, 0.25) is 0 Å². The lowest BCUT2D eigenvalue weighted by molar-refractivity contribution is -0.148. The quantitative estimate of drug-likeness (QED) is 0.695. The SMILES string of the molecule is COC(=O)C1=C(C)OC(=O)[C@H](C)[C@@H]1NC(C)=O. The van der Waals surface area contributed by atoms with Crippen LogP contribution in [0.15, 0.2) is 11.3 Å². The normalized spacial score (nSPS) is 24.1. The van der Waals surface area contributed by atoms with Gasteiger partial charge in [0.15, 0.2) is 0 Å². The zero-order valence-corrected chi connectivity index (χ0v) is 10.2. The van der Waals surface area contributed by atoms with Crippen molar-refractivity contribution in [3.63, 3.8) is 0 Å². The van der Waals surface area contributed by atoms with Crippen molar-refractivity contribution in [2.24, 2.45) is 5.92 Å². The Balaban J connectivity index is 3.16. The monoisotopic (exact) mass is 241 g/mol. The van der Waals surface area contributed by atoms with Crippen molar-refractivity contribution >= 4 is 17.8 Å². The molecule has 0 aromatic heterocycles. The van der Waals surface area contributed by atoms with Gasteiger partial charge >= 0.3 is 11.9 Å². The fourth-order valence-corrected chi connectivity index (χ4v) is 1.70. The van der Waals surface area contributed by atoms with Gasteiger partial charge in [0.2, 0.25) is 5.91 Å². The number of carbonyl (C=O) groups excluding carboxylic acids is 3. The number of esters is 2. The van der Waals surface area contributed by atoms with Crippen molar-refractivity contribution in [2.45, 2.75) is 26.8 Å². The number of hydrogen-bond acceptors (Lipinski definition) is 5. The van der Waals surface area contributed by atoms with Gasteiger partial charge < -0.3 is 14.8 Å². The second kappa shape index (κ2) is 4.99. The maximum Gasteiger partial charge on any atom is 0.339 e. The summed E-state index contributed by atoms with van der Waals surface area (Å²) in [6.45, 7) is 4.39. The summed E-state index contributed by atoms with van der Waals surface area (Å²) in [5, 5.41) is 2.56. The van der Waals surface area contributed by atoms with E-state index in [1.165, 1.54) is 21.0 Å². The van der Waals surface area contributed by atoms with Gasteiger partial charge in [0.1, 0.15) is 5.76 Å². The molecule has 0 saturated heterocycles. The predicted octanol–water partition coefficient (Wildman–Crippen LogP) is 0.131. The Hall–Kier alpha value is -1.85. The van der Waals surface area contributed by atoms with E-state index in [0.717, 1.165) is 0 Å². The molecule has 0 aliphatic carbocycles. The number of hydrogen-bond donors (Lipinski definition) is 1. The summed E-state index contributed by atoms with van der Waals surface area (Å²) in [5.74, 6) is -1.88. The molecule has 0 bridgehead atoms. The summed E-state index contributed by atoms with van der Waals surface area (Å²) in [5.41, 5.74) is 0.176. The van der Waals surface area contributed by atoms with Gasteiger partial charge in [0, 0.05) is 6.92 Å². The van der Waals surface area contributed by atoms with Gasteiger partial charge in [-0.1, -0.05) is 0 Å². The molecule has 1 N–H and O–H groups in total. The highest BCUT2D eigenvalue weighted by Gasteiger charge is 2.39. The zero-order valence-electron chi connectivity index (χ0n) is 10.2. The molecule has 1 heterocycles. The first-order valence-electron chi connectivity index (χ1n) is 5.16. The molecule has 0 spiro atoms. The molecular weight excluding hydrogens is 226 g/mol. The van der Waals surface area contributed by atoms with Gasteiger partial charge in [-0.2, -0.15) is 0 Å². The highest BCUT2D eigenvalue weighted by atomic mass is 16.5. The number of methoxy groups -OCH3 is 1. The highest BCUT2D eigenvalue weighted by Crippen LogP contribution is 2.26. The van der Waals surface area contributed by atoms with E-state index in [-0.39, 0.29) is 17.2 Å². The average molecular weight is 241 g/mol. The minimum absolute atomic E-state index is 0.165. The number of ether oxygens (including phenoxy) is 2. The van der Waals surface area contributed by atoms with E-state index in [0.29, 0.717) is 0 Å². The van der Waals surface area contributed by atoms with Crippen molar-refractivity contribution in [3.8, 4) is 0 Å². The third-order valence-corrected chi connectivity index (χ3v) is 2.58. The van der Waals surface area contributed by atoms with Gasteiger partial charge in [0.05, 0.1) is 24.6 Å². The molecule has 0 aromatic rings. The van der Waals surface area contributed by atoms with E-state index >= 15 is 0 Å². The van der Waals surface area contributed by atoms with E-state index in [4.69, 9.17) is 4.74 Å². The number of carbonyl (C=O) groups is 3. The second-order valence-corrected chi connectivity index (χ2v) is 3.85. The van der Waals surface area contributed by atoms with Crippen LogP contribution in [0, 0.1) is 5.92 Å². The molecular formula is C11H15NO5. The molecule has 0 fully saturated rings. The van der Waals surface area contributed by atoms with Gasteiger partial charge in [0.25, 0.3) is 0 Å². The Morgan fingerprint density at radius 3 is 2.47 bits per heavy atom. The highest BCUT2D eigenvalue weighted by molar-refractivity contribution is 5.95. The van der Waals surface area contributed by atoms with Crippen LogP contribution in [0.25, 0.3) is 0 Å². The van der Waals surface area contributed by atoms with Crippen molar-refractivity contribution < 1.29 is 23.9 Å². The Morgan fingerprint density at radius 1 is 1.41 bits per heavy atom. The topological polar surface area (TPSA) is 81.7 Å². The largest absolute Gasteiger partial charge is 0.466 e. The summed E-state index contributed by atoms with van der Waals surface area (Å²) >= 11 is 0. The molecule has 17 heavy (non-hydrogen) atoms. The molecule has 0 aromatic carbocycles. The molecule has 1 aliphatic heterocycles. The summed E-state index contributed by atoms with van der Waals surface area (Å²) in [6.07, 6.45) is 0. The minimum atomic E-state index is -0.707. The third-order valence-electron chi connectivity index (χ3n) is 2.58. The molecule has 2 atom stereocenters. The fourth-order valence-electron chi connectivity index (χ4n) is 1.70. The molecule has 6 nitrogen and oxygen atoms in total. The fraction of sp³-hybridized carbons (Fsp3) is 0.545. The minimum Gasteiger partial charge on any atom is -0.466 e. The third kappa shape index (κ3) is 2.64. The molecule has 1 rings (SSSR count). The van der Waals surface area contributed by atoms with Crippen molar-refractivity contribution in [1.82, 2.24) is 5.32 Å². The van der Waals surface area contributed by atoms with E-state index < -0.39 is 23.9 Å². The van der Waals surface area contributed by atoms with Crippen LogP contribution >= 0.6 is 0 Å². The van der Waals surface area contributed by atoms with Crippen LogP contribution in [0.4, 0.5) is 0 Å². The van der Waals surface area contributed by atoms with E-state index in [1.54, 1.807) is 6.92 Å². The Kier molecular flexibility index (Phi) is 3.88. The van der Waals surface area contributed by atoms with E-state index in [9.17, 15) is 14.4 Å². The maximum absolute atomic E-state index is 11.6. The first-order chi connectivity index (χ1) is 7.88. The second-order valence-electron chi connectivity index (χ2n) is 3.85. The lowest BCUT2D eigenvalue weighted by atomic mass is 9.91. The first kappa shape index (κ1) is 13.2. The van der Waals surface area contributed by atoms with Gasteiger partial charge in [-0.3, -0.25) is 9.59 Å². The van der Waals surface area contributed by atoms with Crippen LogP contribution < -0.4 is 5.32 Å². The molecule has 1 amide bonds.